The molecule has 0 rings (SSSR count). The van der Waals surface area contributed by atoms with Gasteiger partial charge in [-0.3, -0.25) is 4.79 Å². The van der Waals surface area contributed by atoms with Crippen molar-refractivity contribution in [2.75, 3.05) is 6.61 Å². The van der Waals surface area contributed by atoms with Crippen molar-refractivity contribution in [3.8, 4) is 0 Å². The highest BCUT2D eigenvalue weighted by Crippen LogP contribution is 2.16. The highest BCUT2D eigenvalue weighted by molar-refractivity contribution is 5.76. The molecular weight excluding hydrogens is 723 g/mol. The predicted octanol–water partition coefficient (Wildman–Crippen LogP) is 16.6. The molecule has 0 aromatic carbocycles. The van der Waals surface area contributed by atoms with Gasteiger partial charge in [-0.25, -0.2) is 0 Å². The van der Waals surface area contributed by atoms with Gasteiger partial charge in [-0.05, 0) is 70.6 Å². The van der Waals surface area contributed by atoms with Gasteiger partial charge in [0.25, 0.3) is 0 Å². The van der Waals surface area contributed by atoms with Crippen LogP contribution in [-0.2, 0) is 4.79 Å². The molecule has 4 nitrogen and oxygen atoms in total. The van der Waals surface area contributed by atoms with Crippen LogP contribution in [0.15, 0.2) is 72.9 Å². The lowest BCUT2D eigenvalue weighted by molar-refractivity contribution is -0.123. The van der Waals surface area contributed by atoms with Crippen LogP contribution in [0.4, 0.5) is 0 Å². The fourth-order valence-corrected chi connectivity index (χ4v) is 7.54. The van der Waals surface area contributed by atoms with Crippen LogP contribution in [0.2, 0.25) is 0 Å². The summed E-state index contributed by atoms with van der Waals surface area (Å²) < 4.78 is 0. The molecule has 59 heavy (non-hydrogen) atoms. The van der Waals surface area contributed by atoms with Crippen LogP contribution < -0.4 is 5.32 Å². The fraction of sp³-hybridized carbons (Fsp3) is 0.764. The number of rotatable bonds is 46. The van der Waals surface area contributed by atoms with Crippen molar-refractivity contribution < 1.29 is 15.0 Å². The smallest absolute Gasteiger partial charge is 0.220 e. The maximum Gasteiger partial charge on any atom is 0.220 e. The number of aliphatic hydroxyl groups is 2. The van der Waals surface area contributed by atoms with Gasteiger partial charge in [0, 0.05) is 6.42 Å². The lowest BCUT2D eigenvalue weighted by Crippen LogP contribution is -2.45. The first kappa shape index (κ1) is 56.8. The minimum atomic E-state index is -0.868. The molecule has 0 spiro atoms. The van der Waals surface area contributed by atoms with E-state index >= 15 is 0 Å². The number of hydrogen-bond acceptors (Lipinski definition) is 3. The maximum absolute atomic E-state index is 12.4. The third-order valence-corrected chi connectivity index (χ3v) is 11.4. The summed E-state index contributed by atoms with van der Waals surface area (Å²) in [5, 5.41) is 23.1. The van der Waals surface area contributed by atoms with Gasteiger partial charge in [-0.15, -0.1) is 0 Å². The topological polar surface area (TPSA) is 69.6 Å². The molecule has 0 fully saturated rings. The zero-order valence-electron chi connectivity index (χ0n) is 39.3. The Kier molecular flexibility index (Phi) is 48.3. The van der Waals surface area contributed by atoms with Crippen LogP contribution in [0.25, 0.3) is 0 Å². The second-order valence-electron chi connectivity index (χ2n) is 17.2. The van der Waals surface area contributed by atoms with E-state index in [2.05, 4.69) is 79.9 Å². The average Bonchev–Trinajstić information content (AvgIpc) is 3.24. The van der Waals surface area contributed by atoms with Gasteiger partial charge in [0.05, 0.1) is 18.8 Å². The quantitative estimate of drug-likeness (QED) is 0.0423. The Morgan fingerprint density at radius 3 is 1.19 bits per heavy atom. The molecule has 0 heterocycles. The van der Waals surface area contributed by atoms with Gasteiger partial charge in [0.2, 0.25) is 5.91 Å². The first-order valence-corrected chi connectivity index (χ1v) is 25.7. The van der Waals surface area contributed by atoms with Crippen molar-refractivity contribution in [2.45, 2.75) is 264 Å². The summed E-state index contributed by atoms with van der Waals surface area (Å²) in [4.78, 5) is 12.4. The van der Waals surface area contributed by atoms with Crippen LogP contribution in [-0.4, -0.2) is 34.9 Å². The molecule has 1 amide bonds. The summed E-state index contributed by atoms with van der Waals surface area (Å²) in [6, 6.07) is -0.646. The number of amides is 1. The Bertz CT molecular complexity index is 1020. The van der Waals surface area contributed by atoms with Crippen molar-refractivity contribution in [3.05, 3.63) is 72.9 Å². The minimum absolute atomic E-state index is 0.0794. The predicted molar refractivity (Wildman–Crippen MR) is 262 cm³/mol. The van der Waals surface area contributed by atoms with Crippen LogP contribution in [0.3, 0.4) is 0 Å². The van der Waals surface area contributed by atoms with Gasteiger partial charge in [-0.1, -0.05) is 247 Å². The molecule has 0 aromatic rings. The highest BCUT2D eigenvalue weighted by atomic mass is 16.3. The molecule has 0 aromatic heterocycles. The largest absolute Gasteiger partial charge is 0.394 e. The number of carbonyl (C=O) groups excluding carboxylic acids is 1. The van der Waals surface area contributed by atoms with E-state index in [0.717, 1.165) is 57.8 Å². The van der Waals surface area contributed by atoms with Gasteiger partial charge in [0.15, 0.2) is 0 Å². The van der Waals surface area contributed by atoms with Crippen molar-refractivity contribution in [2.24, 2.45) is 0 Å². The number of hydrogen-bond donors (Lipinski definition) is 3. The highest BCUT2D eigenvalue weighted by Gasteiger charge is 2.17. The molecule has 0 aliphatic rings. The molecule has 0 aliphatic heterocycles. The molecule has 3 N–H and O–H groups in total. The minimum Gasteiger partial charge on any atom is -0.394 e. The van der Waals surface area contributed by atoms with Crippen LogP contribution in [0.5, 0.6) is 0 Å². The molecule has 342 valence electrons. The van der Waals surface area contributed by atoms with Gasteiger partial charge in [-0.2, -0.15) is 0 Å². The van der Waals surface area contributed by atoms with Crippen molar-refractivity contribution in [1.29, 1.82) is 0 Å². The van der Waals surface area contributed by atoms with Gasteiger partial charge >= 0.3 is 0 Å². The van der Waals surface area contributed by atoms with E-state index in [1.54, 1.807) is 6.08 Å². The lowest BCUT2D eigenvalue weighted by atomic mass is 10.0. The number of nitrogens with one attached hydrogen (secondary N) is 1. The standard InChI is InChI=1S/C55H99NO3/c1-3-5-7-9-11-13-15-17-19-21-23-25-27-29-30-32-34-36-38-40-42-44-46-48-50-54(58)53(52-57)56-55(59)51-49-47-45-43-41-39-37-35-33-31-28-26-24-22-20-18-16-14-12-10-8-6-4-2/h6,8,12,14,18,20,24,26,40,42,48,50,53-54,57-58H,3-5,7,9-11,13,15-17,19,21-23,25,27-39,41,43-47,49,51-52H2,1-2H3,(H,56,59)/b8-6-,14-12-,20-18-,26-24-,42-40+,50-48+. The Morgan fingerprint density at radius 1 is 0.424 bits per heavy atom. The van der Waals surface area contributed by atoms with E-state index in [9.17, 15) is 15.0 Å². The summed E-state index contributed by atoms with van der Waals surface area (Å²) in [5.41, 5.74) is 0. The van der Waals surface area contributed by atoms with E-state index in [-0.39, 0.29) is 12.5 Å². The maximum atomic E-state index is 12.4. The Morgan fingerprint density at radius 2 is 0.763 bits per heavy atom. The number of carbonyl (C=O) groups is 1. The van der Waals surface area contributed by atoms with E-state index < -0.39 is 12.1 Å². The van der Waals surface area contributed by atoms with Crippen molar-refractivity contribution in [1.82, 2.24) is 5.32 Å². The lowest BCUT2D eigenvalue weighted by Gasteiger charge is -2.19. The molecule has 0 saturated heterocycles. The summed E-state index contributed by atoms with van der Waals surface area (Å²) in [7, 11) is 0. The Labute approximate surface area is 368 Å². The Balaban J connectivity index is 3.58. The molecule has 0 aliphatic carbocycles. The third kappa shape index (κ3) is 46.7. The van der Waals surface area contributed by atoms with Gasteiger partial charge < -0.3 is 15.5 Å². The van der Waals surface area contributed by atoms with Crippen LogP contribution in [0, 0.1) is 0 Å². The second kappa shape index (κ2) is 50.2. The SMILES string of the molecule is CC/C=C\C/C=C\C/C=C\C/C=C\CCCCCCCCCCCCC(=O)NC(CO)C(O)/C=C/CC/C=C/CCCCCCCCCCCCCCCCCCCC. The monoisotopic (exact) mass is 822 g/mol. The first-order valence-electron chi connectivity index (χ1n) is 25.7. The first-order chi connectivity index (χ1) is 29.2. The second-order valence-corrected chi connectivity index (χ2v) is 17.2. The molecule has 2 atom stereocenters. The van der Waals surface area contributed by atoms with Gasteiger partial charge in [0.1, 0.15) is 0 Å². The fourth-order valence-electron chi connectivity index (χ4n) is 7.54. The molecule has 2 unspecified atom stereocenters. The summed E-state index contributed by atoms with van der Waals surface area (Å²) in [6.45, 7) is 4.20. The van der Waals surface area contributed by atoms with E-state index in [4.69, 9.17) is 0 Å². The molecule has 0 bridgehead atoms. The summed E-state index contributed by atoms with van der Waals surface area (Å²) in [5.74, 6) is -0.0794. The van der Waals surface area contributed by atoms with E-state index in [1.807, 2.05) is 6.08 Å². The molecule has 0 radical (unpaired) electrons. The number of unbranched alkanes of at least 4 members (excludes halogenated alkanes) is 29. The Hall–Kier alpha value is -2.17. The van der Waals surface area contributed by atoms with Crippen LogP contribution >= 0.6 is 0 Å². The zero-order valence-corrected chi connectivity index (χ0v) is 39.3. The normalized spacial score (nSPS) is 13.5. The molecular formula is C55H99NO3. The number of allylic oxidation sites excluding steroid dienone is 11. The zero-order chi connectivity index (χ0) is 42.8. The van der Waals surface area contributed by atoms with Crippen molar-refractivity contribution >= 4 is 5.91 Å². The summed E-state index contributed by atoms with van der Waals surface area (Å²) >= 11 is 0. The van der Waals surface area contributed by atoms with E-state index in [1.165, 1.54) is 173 Å². The van der Waals surface area contributed by atoms with Crippen LogP contribution in [0.1, 0.15) is 251 Å². The summed E-state index contributed by atoms with van der Waals surface area (Å²) in [6.07, 6.45) is 71.8. The number of aliphatic hydroxyl groups excluding tert-OH is 2. The van der Waals surface area contributed by atoms with Crippen molar-refractivity contribution in [3.63, 3.8) is 0 Å². The molecule has 4 heteroatoms. The average molecular weight is 822 g/mol. The third-order valence-electron chi connectivity index (χ3n) is 11.4. The molecule has 0 saturated carbocycles. The van der Waals surface area contributed by atoms with E-state index in [0.29, 0.717) is 6.42 Å².